The molecule has 0 radical (unpaired) electrons. The number of hydrogen-bond donors (Lipinski definition) is 0. The van der Waals surface area contributed by atoms with Crippen molar-refractivity contribution in [1.82, 2.24) is 0 Å². The highest BCUT2D eigenvalue weighted by Gasteiger charge is 2.27. The maximum Gasteiger partial charge on any atom is 0.122 e. The Balaban J connectivity index is 2.41. The zero-order valence-corrected chi connectivity index (χ0v) is 11.2. The van der Waals surface area contributed by atoms with Crippen molar-refractivity contribution in [3.8, 4) is 5.75 Å². The van der Waals surface area contributed by atoms with E-state index in [2.05, 4.69) is 32.2 Å². The van der Waals surface area contributed by atoms with E-state index in [4.69, 9.17) is 4.74 Å². The van der Waals surface area contributed by atoms with E-state index < -0.39 is 8.07 Å². The van der Waals surface area contributed by atoms with Gasteiger partial charge in [-0.05, 0) is 42.1 Å². The molecule has 0 saturated carbocycles. The smallest absolute Gasteiger partial charge is 0.122 e. The summed E-state index contributed by atoms with van der Waals surface area (Å²) in [6, 6.07) is 7.34. The molecule has 1 aliphatic rings. The van der Waals surface area contributed by atoms with Gasteiger partial charge >= 0.3 is 0 Å². The van der Waals surface area contributed by atoms with Crippen LogP contribution in [0.5, 0.6) is 5.75 Å². The summed E-state index contributed by atoms with van der Waals surface area (Å²) in [6.45, 7) is 7.13. The Hall–Kier alpha value is -0.763. The lowest BCUT2D eigenvalue weighted by Crippen LogP contribution is -2.33. The van der Waals surface area contributed by atoms with Crippen LogP contribution in [0, 0.1) is 6.92 Å². The molecule has 0 fully saturated rings. The van der Waals surface area contributed by atoms with E-state index in [1.165, 1.54) is 29.6 Å². The molecule has 0 aromatic heterocycles. The second-order valence-corrected chi connectivity index (χ2v) is 10.6. The van der Waals surface area contributed by atoms with E-state index in [0.717, 1.165) is 5.75 Å². The average Bonchev–Trinajstić information content (AvgIpc) is 2.15. The molecule has 0 atom stereocenters. The topological polar surface area (TPSA) is 9.23 Å². The van der Waals surface area contributed by atoms with Gasteiger partial charge in [0.05, 0.1) is 15.2 Å². The van der Waals surface area contributed by atoms with E-state index in [9.17, 15) is 0 Å². The fourth-order valence-electron chi connectivity index (χ4n) is 2.48. The Bertz CT molecular complexity index is 382. The third kappa shape index (κ3) is 2.10. The highest BCUT2D eigenvalue weighted by molar-refractivity contribution is 6.77. The molecule has 0 saturated heterocycles. The van der Waals surface area contributed by atoms with Crippen molar-refractivity contribution in [2.24, 2.45) is 0 Å². The molecule has 2 rings (SSSR count). The van der Waals surface area contributed by atoms with Crippen LogP contribution in [0.4, 0.5) is 0 Å². The van der Waals surface area contributed by atoms with Crippen molar-refractivity contribution in [3.05, 3.63) is 28.8 Å². The molecule has 0 bridgehead atoms. The molecule has 1 nitrogen and oxygen atoms in total. The normalized spacial score (nSPS) is 18.4. The van der Waals surface area contributed by atoms with Crippen molar-refractivity contribution in [3.63, 3.8) is 0 Å². The van der Waals surface area contributed by atoms with Gasteiger partial charge in [-0.25, -0.2) is 0 Å². The first-order valence-electron chi connectivity index (χ1n) is 5.68. The molecule has 1 aliphatic heterocycles. The SMILES string of the molecule is COc1cc2c(cc1C)C[Si](C)(C)CC2. The van der Waals surface area contributed by atoms with E-state index in [1.807, 2.05) is 0 Å². The lowest BCUT2D eigenvalue weighted by atomic mass is 10.0. The van der Waals surface area contributed by atoms with Gasteiger partial charge in [0.1, 0.15) is 5.75 Å². The molecule has 0 aliphatic carbocycles. The molecule has 2 heteroatoms. The molecule has 0 amide bonds. The van der Waals surface area contributed by atoms with Crippen LogP contribution in [-0.2, 0) is 12.5 Å². The number of ether oxygens (including phenoxy) is 1. The third-order valence-corrected chi connectivity index (χ3v) is 6.40. The number of methoxy groups -OCH3 is 1. The van der Waals surface area contributed by atoms with Crippen molar-refractivity contribution in [1.29, 1.82) is 0 Å². The zero-order valence-electron chi connectivity index (χ0n) is 10.2. The van der Waals surface area contributed by atoms with Crippen LogP contribution in [0.3, 0.4) is 0 Å². The van der Waals surface area contributed by atoms with Crippen molar-refractivity contribution >= 4 is 8.07 Å². The largest absolute Gasteiger partial charge is 0.496 e. The second-order valence-electron chi connectivity index (χ2n) is 5.43. The highest BCUT2D eigenvalue weighted by atomic mass is 28.3. The van der Waals surface area contributed by atoms with Crippen molar-refractivity contribution in [2.75, 3.05) is 7.11 Å². The van der Waals surface area contributed by atoms with Gasteiger partial charge in [0.2, 0.25) is 0 Å². The number of rotatable bonds is 1. The molecule has 1 heterocycles. The third-order valence-electron chi connectivity index (χ3n) is 3.46. The summed E-state index contributed by atoms with van der Waals surface area (Å²) in [5.41, 5.74) is 4.38. The summed E-state index contributed by atoms with van der Waals surface area (Å²) < 4.78 is 5.37. The highest BCUT2D eigenvalue weighted by Crippen LogP contribution is 2.32. The molecule has 0 spiro atoms. The molecule has 1 aromatic carbocycles. The maximum absolute atomic E-state index is 5.37. The van der Waals surface area contributed by atoms with Crippen LogP contribution in [0.2, 0.25) is 19.1 Å². The fourth-order valence-corrected chi connectivity index (χ4v) is 4.97. The number of fused-ring (bicyclic) bond motifs is 1. The molecular formula is C13H20OSi. The summed E-state index contributed by atoms with van der Waals surface area (Å²) in [6.07, 6.45) is 1.26. The molecule has 1 aromatic rings. The minimum Gasteiger partial charge on any atom is -0.496 e. The Kier molecular flexibility index (Phi) is 2.63. The van der Waals surface area contributed by atoms with Crippen LogP contribution in [0.15, 0.2) is 12.1 Å². The van der Waals surface area contributed by atoms with Crippen LogP contribution in [-0.4, -0.2) is 15.2 Å². The predicted molar refractivity (Wildman–Crippen MR) is 67.4 cm³/mol. The molecular weight excluding hydrogens is 200 g/mol. The number of hydrogen-bond acceptors (Lipinski definition) is 1. The minimum atomic E-state index is -0.933. The van der Waals surface area contributed by atoms with Gasteiger partial charge in [-0.3, -0.25) is 0 Å². The Morgan fingerprint density at radius 2 is 1.93 bits per heavy atom. The Morgan fingerprint density at radius 1 is 1.20 bits per heavy atom. The summed E-state index contributed by atoms with van der Waals surface area (Å²) >= 11 is 0. The predicted octanol–water partition coefficient (Wildman–Crippen LogP) is 3.35. The Morgan fingerprint density at radius 3 is 2.60 bits per heavy atom. The lowest BCUT2D eigenvalue weighted by molar-refractivity contribution is 0.411. The van der Waals surface area contributed by atoms with Gasteiger partial charge in [-0.2, -0.15) is 0 Å². The first-order valence-corrected chi connectivity index (χ1v) is 9.10. The number of aryl methyl sites for hydroxylation is 2. The monoisotopic (exact) mass is 220 g/mol. The van der Waals surface area contributed by atoms with E-state index >= 15 is 0 Å². The second kappa shape index (κ2) is 3.67. The summed E-state index contributed by atoms with van der Waals surface area (Å²) in [5.74, 6) is 1.05. The zero-order chi connectivity index (χ0) is 11.1. The lowest BCUT2D eigenvalue weighted by Gasteiger charge is -2.30. The van der Waals surface area contributed by atoms with Crippen LogP contribution < -0.4 is 4.74 Å². The van der Waals surface area contributed by atoms with Crippen LogP contribution in [0.1, 0.15) is 16.7 Å². The maximum atomic E-state index is 5.37. The van der Waals surface area contributed by atoms with E-state index in [0.29, 0.717) is 0 Å². The van der Waals surface area contributed by atoms with Crippen molar-refractivity contribution < 1.29 is 4.74 Å². The van der Waals surface area contributed by atoms with Gasteiger partial charge in [0.15, 0.2) is 0 Å². The number of benzene rings is 1. The molecule has 0 N–H and O–H groups in total. The first-order chi connectivity index (χ1) is 7.02. The van der Waals surface area contributed by atoms with Gasteiger partial charge < -0.3 is 4.74 Å². The minimum absolute atomic E-state index is 0.933. The summed E-state index contributed by atoms with van der Waals surface area (Å²) in [4.78, 5) is 0. The Labute approximate surface area is 93.5 Å². The van der Waals surface area contributed by atoms with Gasteiger partial charge in [-0.1, -0.05) is 25.2 Å². The van der Waals surface area contributed by atoms with Crippen LogP contribution in [0.25, 0.3) is 0 Å². The van der Waals surface area contributed by atoms with E-state index in [1.54, 1.807) is 12.7 Å². The van der Waals surface area contributed by atoms with Gasteiger partial charge in [-0.15, -0.1) is 0 Å². The van der Waals surface area contributed by atoms with Gasteiger partial charge in [0, 0.05) is 0 Å². The quantitative estimate of drug-likeness (QED) is 0.660. The summed E-state index contributed by atoms with van der Waals surface area (Å²) in [5, 5.41) is 0. The van der Waals surface area contributed by atoms with Crippen LogP contribution >= 0.6 is 0 Å². The molecule has 82 valence electrons. The molecule has 0 unspecified atom stereocenters. The van der Waals surface area contributed by atoms with E-state index in [-0.39, 0.29) is 0 Å². The first kappa shape index (κ1) is 10.7. The molecule has 15 heavy (non-hydrogen) atoms. The summed E-state index contributed by atoms with van der Waals surface area (Å²) in [7, 11) is 0.827. The van der Waals surface area contributed by atoms with Crippen molar-refractivity contribution in [2.45, 2.75) is 38.5 Å². The standard InChI is InChI=1S/C13H20OSi/c1-10-7-12-9-15(3,4)6-5-11(12)8-13(10)14-2/h7-8H,5-6,9H2,1-4H3. The van der Waals surface area contributed by atoms with Gasteiger partial charge in [0.25, 0.3) is 0 Å². The fraction of sp³-hybridized carbons (Fsp3) is 0.538. The average molecular weight is 220 g/mol.